The smallest absolute Gasteiger partial charge is 0.243 e. The molecule has 0 fully saturated rings. The first kappa shape index (κ1) is 19.9. The van der Waals surface area contributed by atoms with Gasteiger partial charge in [0.1, 0.15) is 22.4 Å². The van der Waals surface area contributed by atoms with Crippen molar-refractivity contribution in [3.8, 4) is 5.82 Å². The van der Waals surface area contributed by atoms with E-state index in [1.165, 1.54) is 18.2 Å². The molecule has 0 aliphatic heterocycles. The van der Waals surface area contributed by atoms with E-state index in [4.69, 9.17) is 0 Å². The molecular weight excluding hydrogens is 383 g/mol. The van der Waals surface area contributed by atoms with Crippen molar-refractivity contribution in [2.24, 2.45) is 0 Å². The Hall–Kier alpha value is -2.85. The summed E-state index contributed by atoms with van der Waals surface area (Å²) in [7, 11) is -3.92. The van der Waals surface area contributed by atoms with E-state index in [9.17, 15) is 12.8 Å². The van der Waals surface area contributed by atoms with Crippen molar-refractivity contribution in [1.29, 1.82) is 0 Å². The molecular formula is C18H21FN6O2S. The van der Waals surface area contributed by atoms with Crippen molar-refractivity contribution < 1.29 is 12.8 Å². The predicted molar refractivity (Wildman–Crippen MR) is 103 cm³/mol. The molecule has 0 atom stereocenters. The summed E-state index contributed by atoms with van der Waals surface area (Å²) < 4.78 is 42.1. The zero-order valence-electron chi connectivity index (χ0n) is 15.8. The van der Waals surface area contributed by atoms with E-state index in [2.05, 4.69) is 25.1 Å². The lowest BCUT2D eigenvalue weighted by Crippen LogP contribution is -2.29. The first-order chi connectivity index (χ1) is 13.3. The van der Waals surface area contributed by atoms with Crippen molar-refractivity contribution in [2.75, 3.05) is 18.4 Å². The maximum Gasteiger partial charge on any atom is 0.243 e. The molecule has 0 unspecified atom stereocenters. The number of sulfonamides is 1. The second kappa shape index (κ2) is 8.03. The number of hydrogen-bond donors (Lipinski definition) is 2. The Bertz CT molecular complexity index is 1100. The van der Waals surface area contributed by atoms with Gasteiger partial charge < -0.3 is 5.32 Å². The van der Waals surface area contributed by atoms with Gasteiger partial charge in [0, 0.05) is 24.8 Å². The van der Waals surface area contributed by atoms with Gasteiger partial charge in [0.15, 0.2) is 5.82 Å². The van der Waals surface area contributed by atoms with Crippen molar-refractivity contribution in [2.45, 2.75) is 25.7 Å². The number of benzene rings is 1. The number of aryl methyl sites for hydroxylation is 3. The molecule has 0 aliphatic carbocycles. The van der Waals surface area contributed by atoms with Crippen LogP contribution in [0.4, 0.5) is 10.2 Å². The van der Waals surface area contributed by atoms with E-state index in [0.717, 1.165) is 17.5 Å². The average molecular weight is 404 g/mol. The van der Waals surface area contributed by atoms with E-state index in [0.29, 0.717) is 17.5 Å². The minimum absolute atomic E-state index is 0.0644. The molecule has 3 aromatic rings. The molecule has 0 saturated carbocycles. The highest BCUT2D eigenvalue weighted by atomic mass is 32.2. The van der Waals surface area contributed by atoms with Crippen LogP contribution in [-0.4, -0.2) is 41.3 Å². The van der Waals surface area contributed by atoms with Crippen LogP contribution < -0.4 is 10.0 Å². The molecule has 2 N–H and O–H groups in total. The zero-order chi connectivity index (χ0) is 20.3. The van der Waals surface area contributed by atoms with Crippen molar-refractivity contribution in [3.05, 3.63) is 59.4 Å². The summed E-state index contributed by atoms with van der Waals surface area (Å²) in [5.41, 5.74) is 1.82. The fourth-order valence-corrected chi connectivity index (χ4v) is 3.84. The quantitative estimate of drug-likeness (QED) is 0.585. The van der Waals surface area contributed by atoms with Crippen LogP contribution in [0.25, 0.3) is 5.82 Å². The Morgan fingerprint density at radius 3 is 2.50 bits per heavy atom. The largest absolute Gasteiger partial charge is 0.369 e. The summed E-state index contributed by atoms with van der Waals surface area (Å²) in [6.45, 7) is 5.93. The normalized spacial score (nSPS) is 11.6. The number of halogens is 1. The van der Waals surface area contributed by atoms with Crippen LogP contribution in [0.15, 0.2) is 41.3 Å². The standard InChI is InChI=1S/C18H21FN6O2S/c1-12-10-13(2)25(24-12)18-11-17(22-14(3)23-18)20-8-9-21-28(26,27)16-7-5-4-6-15(16)19/h4-7,10-11,21H,8-9H2,1-3H3,(H,20,22,23). The molecule has 3 rings (SSSR count). The van der Waals surface area contributed by atoms with Gasteiger partial charge in [-0.25, -0.2) is 32.2 Å². The van der Waals surface area contributed by atoms with Crippen LogP contribution in [0.2, 0.25) is 0 Å². The van der Waals surface area contributed by atoms with Crippen LogP contribution in [0.5, 0.6) is 0 Å². The molecule has 0 spiro atoms. The minimum Gasteiger partial charge on any atom is -0.369 e. The van der Waals surface area contributed by atoms with Gasteiger partial charge in [-0.2, -0.15) is 5.10 Å². The van der Waals surface area contributed by atoms with E-state index in [-0.39, 0.29) is 18.0 Å². The maximum atomic E-state index is 13.7. The first-order valence-electron chi connectivity index (χ1n) is 8.63. The van der Waals surface area contributed by atoms with E-state index in [1.54, 1.807) is 17.7 Å². The number of nitrogens with zero attached hydrogens (tertiary/aromatic N) is 4. The molecule has 0 amide bonds. The van der Waals surface area contributed by atoms with Crippen molar-refractivity contribution in [3.63, 3.8) is 0 Å². The monoisotopic (exact) mass is 404 g/mol. The lowest BCUT2D eigenvalue weighted by molar-refractivity contribution is 0.558. The van der Waals surface area contributed by atoms with Crippen LogP contribution in [0.1, 0.15) is 17.2 Å². The highest BCUT2D eigenvalue weighted by Crippen LogP contribution is 2.14. The number of hydrogen-bond acceptors (Lipinski definition) is 6. The van der Waals surface area contributed by atoms with Crippen molar-refractivity contribution >= 4 is 15.8 Å². The Labute approximate surface area is 162 Å². The fourth-order valence-electron chi connectivity index (χ4n) is 2.73. The molecule has 148 valence electrons. The number of aromatic nitrogens is 4. The minimum atomic E-state index is -3.92. The van der Waals surface area contributed by atoms with Gasteiger partial charge in [0.25, 0.3) is 0 Å². The zero-order valence-corrected chi connectivity index (χ0v) is 16.6. The third kappa shape index (κ3) is 4.52. The van der Waals surface area contributed by atoms with Gasteiger partial charge >= 0.3 is 0 Å². The fraction of sp³-hybridized carbons (Fsp3) is 0.278. The lowest BCUT2D eigenvalue weighted by atomic mass is 10.4. The Kier molecular flexibility index (Phi) is 5.71. The third-order valence-corrected chi connectivity index (χ3v) is 5.39. The summed E-state index contributed by atoms with van der Waals surface area (Å²) in [5.74, 6) is 0.927. The Morgan fingerprint density at radius 2 is 1.82 bits per heavy atom. The number of rotatable bonds is 7. The second-order valence-electron chi connectivity index (χ2n) is 6.25. The van der Waals surface area contributed by atoms with Crippen LogP contribution in [0.3, 0.4) is 0 Å². The van der Waals surface area contributed by atoms with E-state index >= 15 is 0 Å². The molecule has 1 aromatic carbocycles. The Morgan fingerprint density at radius 1 is 1.07 bits per heavy atom. The number of anilines is 1. The number of nitrogens with one attached hydrogen (secondary N) is 2. The molecule has 2 heterocycles. The first-order valence-corrected chi connectivity index (χ1v) is 10.1. The Balaban J connectivity index is 1.65. The van der Waals surface area contributed by atoms with Gasteiger partial charge in [0.05, 0.1) is 5.69 Å². The molecule has 0 saturated heterocycles. The summed E-state index contributed by atoms with van der Waals surface area (Å²) in [4.78, 5) is 8.32. The third-order valence-electron chi connectivity index (χ3n) is 3.90. The summed E-state index contributed by atoms with van der Waals surface area (Å²) in [5, 5.41) is 7.45. The summed E-state index contributed by atoms with van der Waals surface area (Å²) in [6, 6.07) is 8.92. The van der Waals surface area contributed by atoms with Gasteiger partial charge in [-0.05, 0) is 39.0 Å². The molecule has 10 heteroatoms. The lowest BCUT2D eigenvalue weighted by Gasteiger charge is -2.11. The van der Waals surface area contributed by atoms with E-state index in [1.807, 2.05) is 19.9 Å². The highest BCUT2D eigenvalue weighted by Gasteiger charge is 2.17. The SMILES string of the molecule is Cc1cc(C)n(-c2cc(NCCNS(=O)(=O)c3ccccc3F)nc(C)n2)n1. The van der Waals surface area contributed by atoms with Crippen LogP contribution in [-0.2, 0) is 10.0 Å². The topological polar surface area (TPSA) is 102 Å². The average Bonchev–Trinajstić information content (AvgIpc) is 2.97. The van der Waals surface area contributed by atoms with E-state index < -0.39 is 15.8 Å². The van der Waals surface area contributed by atoms with Crippen LogP contribution >= 0.6 is 0 Å². The maximum absolute atomic E-state index is 13.7. The summed E-state index contributed by atoms with van der Waals surface area (Å²) >= 11 is 0. The molecule has 2 aromatic heterocycles. The summed E-state index contributed by atoms with van der Waals surface area (Å²) in [6.07, 6.45) is 0. The second-order valence-corrected chi connectivity index (χ2v) is 7.99. The van der Waals surface area contributed by atoms with Crippen LogP contribution in [0, 0.1) is 26.6 Å². The van der Waals surface area contributed by atoms with Gasteiger partial charge in [0.2, 0.25) is 10.0 Å². The van der Waals surface area contributed by atoms with Gasteiger partial charge in [-0.1, -0.05) is 12.1 Å². The molecule has 28 heavy (non-hydrogen) atoms. The highest BCUT2D eigenvalue weighted by molar-refractivity contribution is 7.89. The molecule has 0 aliphatic rings. The van der Waals surface area contributed by atoms with Gasteiger partial charge in [-0.15, -0.1) is 0 Å². The molecule has 0 bridgehead atoms. The van der Waals surface area contributed by atoms with Gasteiger partial charge in [-0.3, -0.25) is 0 Å². The van der Waals surface area contributed by atoms with Crippen molar-refractivity contribution in [1.82, 2.24) is 24.5 Å². The predicted octanol–water partition coefficient (Wildman–Crippen LogP) is 2.12. The molecule has 0 radical (unpaired) electrons. The molecule has 8 nitrogen and oxygen atoms in total.